The van der Waals surface area contributed by atoms with Crippen LogP contribution in [0.4, 0.5) is 5.69 Å². The average Bonchev–Trinajstić information content (AvgIpc) is 3.15. The molecule has 3 rings (SSSR count). The lowest BCUT2D eigenvalue weighted by Crippen LogP contribution is -2.28. The lowest BCUT2D eigenvalue weighted by molar-refractivity contribution is 0.0794. The molecule has 0 spiro atoms. The van der Waals surface area contributed by atoms with Crippen molar-refractivity contribution in [2.24, 2.45) is 0 Å². The Morgan fingerprint density at radius 3 is 2.30 bits per heavy atom. The second-order valence-electron chi connectivity index (χ2n) is 6.19. The highest BCUT2D eigenvalue weighted by molar-refractivity contribution is 7.95. The number of sulfonamides is 1. The molecule has 1 aliphatic heterocycles. The standard InChI is InChI=1S/C19H18Cl2N2O3S/c20-15-5-3-14(4-6-15)9-12-27(25,26)22-18-13-16(21)7-8-17(18)19(24)23-10-1-2-11-23/h3-9,12-13,22H,1-2,10-11H2/b12-9+. The fourth-order valence-electron chi connectivity index (χ4n) is 2.81. The van der Waals surface area contributed by atoms with Gasteiger partial charge < -0.3 is 4.90 Å². The van der Waals surface area contributed by atoms with Gasteiger partial charge in [-0.2, -0.15) is 0 Å². The van der Waals surface area contributed by atoms with Crippen LogP contribution >= 0.6 is 23.2 Å². The maximum Gasteiger partial charge on any atom is 0.255 e. The van der Waals surface area contributed by atoms with Gasteiger partial charge in [-0.05, 0) is 54.8 Å². The number of carbonyl (C=O) groups is 1. The Morgan fingerprint density at radius 2 is 1.63 bits per heavy atom. The molecule has 1 N–H and O–H groups in total. The highest BCUT2D eigenvalue weighted by atomic mass is 35.5. The van der Waals surface area contributed by atoms with E-state index in [9.17, 15) is 13.2 Å². The van der Waals surface area contributed by atoms with Crippen molar-refractivity contribution in [3.63, 3.8) is 0 Å². The molecule has 27 heavy (non-hydrogen) atoms. The quantitative estimate of drug-likeness (QED) is 0.759. The zero-order chi connectivity index (χ0) is 19.4. The second-order valence-corrected chi connectivity index (χ2v) is 8.63. The van der Waals surface area contributed by atoms with Crippen molar-refractivity contribution in [1.82, 2.24) is 4.90 Å². The van der Waals surface area contributed by atoms with Crippen molar-refractivity contribution in [2.45, 2.75) is 12.8 Å². The summed E-state index contributed by atoms with van der Waals surface area (Å²) in [4.78, 5) is 14.4. The minimum absolute atomic E-state index is 0.167. The van der Waals surface area contributed by atoms with Gasteiger partial charge in [-0.3, -0.25) is 9.52 Å². The summed E-state index contributed by atoms with van der Waals surface area (Å²) in [7, 11) is -3.83. The minimum Gasteiger partial charge on any atom is -0.339 e. The Hall–Kier alpha value is -2.02. The van der Waals surface area contributed by atoms with E-state index in [1.807, 2.05) is 0 Å². The maximum absolute atomic E-state index is 12.7. The first-order chi connectivity index (χ1) is 12.8. The van der Waals surface area contributed by atoms with Gasteiger partial charge in [0.2, 0.25) is 0 Å². The van der Waals surface area contributed by atoms with Gasteiger partial charge in [0, 0.05) is 23.1 Å². The van der Waals surface area contributed by atoms with Crippen LogP contribution in [0.5, 0.6) is 0 Å². The van der Waals surface area contributed by atoms with Crippen molar-refractivity contribution in [3.05, 3.63) is 69.0 Å². The lowest BCUT2D eigenvalue weighted by Gasteiger charge is -2.18. The highest BCUT2D eigenvalue weighted by Crippen LogP contribution is 2.25. The largest absolute Gasteiger partial charge is 0.339 e. The molecule has 0 saturated carbocycles. The van der Waals surface area contributed by atoms with Crippen LogP contribution in [0.3, 0.4) is 0 Å². The molecule has 0 unspecified atom stereocenters. The highest BCUT2D eigenvalue weighted by Gasteiger charge is 2.23. The number of benzene rings is 2. The predicted octanol–water partition coefficient (Wildman–Crippen LogP) is 4.64. The first kappa shape index (κ1) is 19.7. The number of nitrogens with zero attached hydrogens (tertiary/aromatic N) is 1. The molecule has 0 atom stereocenters. The molecule has 2 aromatic carbocycles. The Bertz CT molecular complexity index is 967. The van der Waals surface area contributed by atoms with Crippen LogP contribution < -0.4 is 4.72 Å². The van der Waals surface area contributed by atoms with Gasteiger partial charge in [0.1, 0.15) is 0 Å². The number of halogens is 2. The van der Waals surface area contributed by atoms with E-state index in [0.29, 0.717) is 28.7 Å². The number of likely N-dealkylation sites (tertiary alicyclic amines) is 1. The smallest absolute Gasteiger partial charge is 0.255 e. The first-order valence-corrected chi connectivity index (χ1v) is 10.7. The number of anilines is 1. The number of amides is 1. The Kier molecular flexibility index (Phi) is 6.09. The monoisotopic (exact) mass is 424 g/mol. The van der Waals surface area contributed by atoms with E-state index in [1.165, 1.54) is 12.1 Å². The SMILES string of the molecule is O=C(c1ccc(Cl)cc1NS(=O)(=O)/C=C/c1ccc(Cl)cc1)N1CCCC1. The molecule has 1 heterocycles. The Morgan fingerprint density at radius 1 is 1.00 bits per heavy atom. The molecule has 0 aliphatic carbocycles. The van der Waals surface area contributed by atoms with Gasteiger partial charge in [-0.25, -0.2) is 8.42 Å². The normalized spacial score (nSPS) is 14.7. The summed E-state index contributed by atoms with van der Waals surface area (Å²) in [6.07, 6.45) is 3.35. The molecule has 2 aromatic rings. The molecule has 8 heteroatoms. The van der Waals surface area contributed by atoms with Crippen molar-refractivity contribution in [3.8, 4) is 0 Å². The fraction of sp³-hybridized carbons (Fsp3) is 0.211. The van der Waals surface area contributed by atoms with E-state index in [0.717, 1.165) is 18.2 Å². The van der Waals surface area contributed by atoms with E-state index in [1.54, 1.807) is 41.3 Å². The van der Waals surface area contributed by atoms with Crippen molar-refractivity contribution >= 4 is 50.9 Å². The Balaban J connectivity index is 1.83. The van der Waals surface area contributed by atoms with E-state index < -0.39 is 10.0 Å². The topological polar surface area (TPSA) is 66.5 Å². The van der Waals surface area contributed by atoms with Crippen LogP contribution in [-0.4, -0.2) is 32.3 Å². The van der Waals surface area contributed by atoms with Crippen LogP contribution in [0.15, 0.2) is 47.9 Å². The fourth-order valence-corrected chi connectivity index (χ4v) is 3.99. The molecule has 1 fully saturated rings. The van der Waals surface area contributed by atoms with Gasteiger partial charge in [-0.15, -0.1) is 0 Å². The summed E-state index contributed by atoms with van der Waals surface area (Å²) in [5, 5.41) is 1.95. The third kappa shape index (κ3) is 5.25. The number of hydrogen-bond acceptors (Lipinski definition) is 3. The third-order valence-electron chi connectivity index (χ3n) is 4.17. The number of nitrogens with one attached hydrogen (secondary N) is 1. The van der Waals surface area contributed by atoms with Gasteiger partial charge in [0.05, 0.1) is 16.7 Å². The van der Waals surface area contributed by atoms with Crippen LogP contribution in [0, 0.1) is 0 Å². The van der Waals surface area contributed by atoms with Crippen molar-refractivity contribution in [2.75, 3.05) is 17.8 Å². The molecular weight excluding hydrogens is 407 g/mol. The second kappa shape index (κ2) is 8.33. The van der Waals surface area contributed by atoms with Crippen LogP contribution in [0.25, 0.3) is 6.08 Å². The molecule has 1 aliphatic rings. The number of carbonyl (C=O) groups excluding carboxylic acids is 1. The Labute approximate surface area is 168 Å². The average molecular weight is 425 g/mol. The maximum atomic E-state index is 12.7. The minimum atomic E-state index is -3.83. The van der Waals surface area contributed by atoms with Gasteiger partial charge in [-0.1, -0.05) is 35.3 Å². The van der Waals surface area contributed by atoms with E-state index in [-0.39, 0.29) is 17.2 Å². The third-order valence-corrected chi connectivity index (χ3v) is 5.65. The number of rotatable bonds is 5. The zero-order valence-electron chi connectivity index (χ0n) is 14.4. The summed E-state index contributed by atoms with van der Waals surface area (Å²) < 4.78 is 27.4. The summed E-state index contributed by atoms with van der Waals surface area (Å²) >= 11 is 11.8. The molecule has 1 saturated heterocycles. The lowest BCUT2D eigenvalue weighted by atomic mass is 10.1. The molecule has 0 bridgehead atoms. The van der Waals surface area contributed by atoms with Crippen LogP contribution in [0.2, 0.25) is 10.0 Å². The molecule has 142 valence electrons. The molecule has 0 aromatic heterocycles. The van der Waals surface area contributed by atoms with Gasteiger partial charge in [0.25, 0.3) is 15.9 Å². The summed E-state index contributed by atoms with van der Waals surface area (Å²) in [6, 6.07) is 11.3. The van der Waals surface area contributed by atoms with Crippen LogP contribution in [0.1, 0.15) is 28.8 Å². The van der Waals surface area contributed by atoms with E-state index >= 15 is 0 Å². The molecular formula is C19H18Cl2N2O3S. The molecule has 0 radical (unpaired) electrons. The van der Waals surface area contributed by atoms with E-state index in [4.69, 9.17) is 23.2 Å². The predicted molar refractivity (Wildman–Crippen MR) is 110 cm³/mol. The summed E-state index contributed by atoms with van der Waals surface area (Å²) in [5.74, 6) is -0.205. The van der Waals surface area contributed by atoms with E-state index in [2.05, 4.69) is 4.72 Å². The molecule has 1 amide bonds. The first-order valence-electron chi connectivity index (χ1n) is 8.39. The zero-order valence-corrected chi connectivity index (χ0v) is 16.7. The summed E-state index contributed by atoms with van der Waals surface area (Å²) in [5.41, 5.74) is 1.13. The van der Waals surface area contributed by atoms with Crippen molar-refractivity contribution in [1.29, 1.82) is 0 Å². The summed E-state index contributed by atoms with van der Waals surface area (Å²) in [6.45, 7) is 1.34. The van der Waals surface area contributed by atoms with Crippen LogP contribution in [-0.2, 0) is 10.0 Å². The molecule has 5 nitrogen and oxygen atoms in total. The van der Waals surface area contributed by atoms with Gasteiger partial charge >= 0.3 is 0 Å². The number of hydrogen-bond donors (Lipinski definition) is 1. The van der Waals surface area contributed by atoms with Gasteiger partial charge in [0.15, 0.2) is 0 Å². The van der Waals surface area contributed by atoms with Crippen molar-refractivity contribution < 1.29 is 13.2 Å².